The fourth-order valence-electron chi connectivity index (χ4n) is 3.93. The molecule has 1 aliphatic carbocycles. The first-order chi connectivity index (χ1) is 14.5. The van der Waals surface area contributed by atoms with Gasteiger partial charge in [0.05, 0.1) is 20.6 Å². The molecule has 0 radical (unpaired) electrons. The Labute approximate surface area is 189 Å². The minimum absolute atomic E-state index is 0.289. The zero-order valence-corrected chi connectivity index (χ0v) is 18.6. The van der Waals surface area contributed by atoms with E-state index in [2.05, 4.69) is 22.4 Å². The normalized spacial score (nSPS) is 18.9. The molecule has 0 aliphatic heterocycles. The third-order valence-electron chi connectivity index (χ3n) is 5.56. The molecule has 156 valence electrons. The molecular formula is C23H22Cl2N2O2S. The van der Waals surface area contributed by atoms with Gasteiger partial charge in [-0.2, -0.15) is 0 Å². The zero-order chi connectivity index (χ0) is 21.1. The lowest BCUT2D eigenvalue weighted by atomic mass is 9.81. The lowest BCUT2D eigenvalue weighted by molar-refractivity contribution is -0.138. The highest BCUT2D eigenvalue weighted by atomic mass is 35.5. The average molecular weight is 461 g/mol. The Morgan fingerprint density at radius 1 is 1.10 bits per heavy atom. The van der Waals surface area contributed by atoms with Crippen LogP contribution >= 0.6 is 34.5 Å². The van der Waals surface area contributed by atoms with Crippen LogP contribution < -0.4 is 5.32 Å². The summed E-state index contributed by atoms with van der Waals surface area (Å²) in [6.45, 7) is 0. The SMILES string of the molecule is O=C(O)CC1CCC(c2ncc(-c3ccc(Nc4ccc(Cl)cc4Cl)cc3)s2)CC1. The molecule has 2 aromatic carbocycles. The summed E-state index contributed by atoms with van der Waals surface area (Å²) in [6.07, 6.45) is 6.23. The maximum absolute atomic E-state index is 10.9. The van der Waals surface area contributed by atoms with E-state index in [-0.39, 0.29) is 6.42 Å². The molecule has 0 amide bonds. The van der Waals surface area contributed by atoms with Crippen molar-refractivity contribution in [3.05, 3.63) is 63.7 Å². The van der Waals surface area contributed by atoms with Crippen LogP contribution in [-0.2, 0) is 4.79 Å². The number of carbonyl (C=O) groups is 1. The number of thiazole rings is 1. The van der Waals surface area contributed by atoms with Gasteiger partial charge in [-0.1, -0.05) is 35.3 Å². The van der Waals surface area contributed by atoms with E-state index >= 15 is 0 Å². The molecule has 2 N–H and O–H groups in total. The molecule has 4 rings (SSSR count). The van der Waals surface area contributed by atoms with Crippen molar-refractivity contribution < 1.29 is 9.90 Å². The van der Waals surface area contributed by atoms with Crippen LogP contribution in [0.15, 0.2) is 48.7 Å². The Morgan fingerprint density at radius 3 is 2.50 bits per heavy atom. The summed E-state index contributed by atoms with van der Waals surface area (Å²) in [6, 6.07) is 13.6. The molecule has 1 saturated carbocycles. The maximum Gasteiger partial charge on any atom is 0.303 e. The van der Waals surface area contributed by atoms with Gasteiger partial charge < -0.3 is 10.4 Å². The average Bonchev–Trinajstić information content (AvgIpc) is 3.21. The largest absolute Gasteiger partial charge is 0.481 e. The van der Waals surface area contributed by atoms with Gasteiger partial charge in [-0.15, -0.1) is 11.3 Å². The van der Waals surface area contributed by atoms with Gasteiger partial charge in [-0.05, 0) is 67.5 Å². The van der Waals surface area contributed by atoms with E-state index in [0.717, 1.165) is 52.5 Å². The van der Waals surface area contributed by atoms with Crippen molar-refractivity contribution >= 4 is 51.9 Å². The van der Waals surface area contributed by atoms with E-state index in [1.54, 1.807) is 23.5 Å². The predicted octanol–water partition coefficient (Wildman–Crippen LogP) is 7.61. The van der Waals surface area contributed by atoms with Gasteiger partial charge in [0.25, 0.3) is 0 Å². The smallest absolute Gasteiger partial charge is 0.303 e. The number of aromatic nitrogens is 1. The topological polar surface area (TPSA) is 62.2 Å². The molecule has 3 aromatic rings. The number of benzene rings is 2. The van der Waals surface area contributed by atoms with Crippen molar-refractivity contribution in [3.63, 3.8) is 0 Å². The Kier molecular flexibility index (Phi) is 6.61. The number of carboxylic acids is 1. The van der Waals surface area contributed by atoms with Crippen LogP contribution in [0, 0.1) is 5.92 Å². The van der Waals surface area contributed by atoms with Gasteiger partial charge in [-0.25, -0.2) is 4.98 Å². The third-order valence-corrected chi connectivity index (χ3v) is 7.32. The second kappa shape index (κ2) is 9.38. The molecule has 1 fully saturated rings. The molecule has 0 spiro atoms. The molecule has 0 unspecified atom stereocenters. The zero-order valence-electron chi connectivity index (χ0n) is 16.3. The van der Waals surface area contributed by atoms with Crippen LogP contribution in [0.1, 0.15) is 43.0 Å². The van der Waals surface area contributed by atoms with Crippen LogP contribution in [0.25, 0.3) is 10.4 Å². The predicted molar refractivity (Wildman–Crippen MR) is 124 cm³/mol. The van der Waals surface area contributed by atoms with Crippen molar-refractivity contribution in [1.82, 2.24) is 4.98 Å². The summed E-state index contributed by atoms with van der Waals surface area (Å²) >= 11 is 13.9. The van der Waals surface area contributed by atoms with Gasteiger partial charge in [-0.3, -0.25) is 4.79 Å². The summed E-state index contributed by atoms with van der Waals surface area (Å²) in [5.74, 6) is 0.0698. The summed E-state index contributed by atoms with van der Waals surface area (Å²) < 4.78 is 0. The summed E-state index contributed by atoms with van der Waals surface area (Å²) in [5.41, 5.74) is 2.89. The molecule has 7 heteroatoms. The minimum atomic E-state index is -0.689. The Hall–Kier alpha value is -2.08. The van der Waals surface area contributed by atoms with Crippen molar-refractivity contribution in [2.24, 2.45) is 5.92 Å². The van der Waals surface area contributed by atoms with E-state index in [1.165, 1.54) is 0 Å². The van der Waals surface area contributed by atoms with Crippen LogP contribution in [0.2, 0.25) is 10.0 Å². The van der Waals surface area contributed by atoms with E-state index in [1.807, 2.05) is 24.4 Å². The first kappa shape index (κ1) is 21.2. The number of anilines is 2. The number of nitrogens with zero attached hydrogens (tertiary/aromatic N) is 1. The number of halogens is 2. The van der Waals surface area contributed by atoms with Gasteiger partial charge >= 0.3 is 5.97 Å². The van der Waals surface area contributed by atoms with Crippen LogP contribution in [0.3, 0.4) is 0 Å². The van der Waals surface area contributed by atoms with Gasteiger partial charge in [0.15, 0.2) is 0 Å². The van der Waals surface area contributed by atoms with E-state index in [0.29, 0.717) is 21.9 Å². The van der Waals surface area contributed by atoms with Gasteiger partial charge in [0, 0.05) is 29.2 Å². The van der Waals surface area contributed by atoms with Crippen molar-refractivity contribution in [3.8, 4) is 10.4 Å². The number of rotatable bonds is 6. The molecule has 4 nitrogen and oxygen atoms in total. The second-order valence-corrected chi connectivity index (χ2v) is 9.61. The van der Waals surface area contributed by atoms with Crippen molar-refractivity contribution in [2.45, 2.75) is 38.0 Å². The highest BCUT2D eigenvalue weighted by Crippen LogP contribution is 2.40. The summed E-state index contributed by atoms with van der Waals surface area (Å²) in [5, 5.41) is 14.6. The highest BCUT2D eigenvalue weighted by molar-refractivity contribution is 7.15. The van der Waals surface area contributed by atoms with Gasteiger partial charge in [0.1, 0.15) is 0 Å². The standard InChI is InChI=1S/C23H22Cl2N2O2S/c24-17-7-10-20(19(25)12-17)27-18-8-5-15(6-9-18)21-13-26-23(30-21)16-3-1-14(2-4-16)11-22(28)29/h5-10,12-14,16,27H,1-4,11H2,(H,28,29). The molecule has 0 saturated heterocycles. The second-order valence-electron chi connectivity index (χ2n) is 7.70. The fraction of sp³-hybridized carbons (Fsp3) is 0.304. The molecular weight excluding hydrogens is 439 g/mol. The van der Waals surface area contributed by atoms with Crippen molar-refractivity contribution in [2.75, 3.05) is 5.32 Å². The Balaban J connectivity index is 1.39. The fourth-order valence-corrected chi connectivity index (χ4v) is 5.48. The van der Waals surface area contributed by atoms with E-state index in [4.69, 9.17) is 28.3 Å². The quantitative estimate of drug-likeness (QED) is 0.397. The van der Waals surface area contributed by atoms with Crippen LogP contribution in [0.5, 0.6) is 0 Å². The maximum atomic E-state index is 10.9. The Bertz CT molecular complexity index is 1030. The number of nitrogens with one attached hydrogen (secondary N) is 1. The lowest BCUT2D eigenvalue weighted by Gasteiger charge is -2.26. The molecule has 30 heavy (non-hydrogen) atoms. The van der Waals surface area contributed by atoms with Crippen LogP contribution in [-0.4, -0.2) is 16.1 Å². The molecule has 1 aliphatic rings. The Morgan fingerprint density at radius 2 is 1.83 bits per heavy atom. The van der Waals surface area contributed by atoms with Crippen LogP contribution in [0.4, 0.5) is 11.4 Å². The minimum Gasteiger partial charge on any atom is -0.481 e. The summed E-state index contributed by atoms with van der Waals surface area (Å²) in [7, 11) is 0. The monoisotopic (exact) mass is 460 g/mol. The molecule has 1 aromatic heterocycles. The lowest BCUT2D eigenvalue weighted by Crippen LogP contribution is -2.16. The first-order valence-electron chi connectivity index (χ1n) is 9.98. The van der Waals surface area contributed by atoms with E-state index in [9.17, 15) is 4.79 Å². The highest BCUT2D eigenvalue weighted by Gasteiger charge is 2.25. The van der Waals surface area contributed by atoms with Crippen molar-refractivity contribution in [1.29, 1.82) is 0 Å². The molecule has 0 atom stereocenters. The molecule has 0 bridgehead atoms. The molecule has 1 heterocycles. The number of aliphatic carboxylic acids is 1. The number of hydrogen-bond acceptors (Lipinski definition) is 4. The van der Waals surface area contributed by atoms with E-state index < -0.39 is 5.97 Å². The summed E-state index contributed by atoms with van der Waals surface area (Å²) in [4.78, 5) is 16.7. The third kappa shape index (κ3) is 5.15. The van der Waals surface area contributed by atoms with Gasteiger partial charge in [0.2, 0.25) is 0 Å². The first-order valence-corrected chi connectivity index (χ1v) is 11.5. The number of carboxylic acid groups (broad SMARTS) is 1. The number of hydrogen-bond donors (Lipinski definition) is 2.